The molecule has 1 amide bonds. The van der Waals surface area contributed by atoms with E-state index in [4.69, 9.17) is 4.74 Å². The van der Waals surface area contributed by atoms with Gasteiger partial charge in [-0.1, -0.05) is 26.0 Å². The Morgan fingerprint density at radius 1 is 1.06 bits per heavy atom. The van der Waals surface area contributed by atoms with Gasteiger partial charge >= 0.3 is 0 Å². The maximum Gasteiger partial charge on any atom is 0.295 e. The minimum absolute atomic E-state index is 0.0489. The molecule has 2 aromatic rings. The Bertz CT molecular complexity index is 1210. The molecule has 10 heteroatoms. The number of likely N-dealkylation sites (tertiary alicyclic amines) is 1. The van der Waals surface area contributed by atoms with E-state index in [0.717, 1.165) is 0 Å². The first kappa shape index (κ1) is 26.5. The zero-order valence-corrected chi connectivity index (χ0v) is 20.7. The number of ether oxygens (including phenoxy) is 1. The highest BCUT2D eigenvalue weighted by molar-refractivity contribution is 7.89. The standard InChI is InChI=1S/C25H29FN2O6S/c1-4-27(5-2)35(32,33)20-13-9-18(10-14-20)23(29)21-22(17-7-11-19(26)12-8-17)28(15-6-16-34-3)25(31)24(21)30/h7-14,22,29H,4-6,15-16H2,1-3H3/b23-21-. The number of hydrogen-bond donors (Lipinski definition) is 1. The summed E-state index contributed by atoms with van der Waals surface area (Å²) in [5, 5.41) is 11.1. The highest BCUT2D eigenvalue weighted by Gasteiger charge is 2.45. The van der Waals surface area contributed by atoms with Crippen LogP contribution in [0.4, 0.5) is 4.39 Å². The third kappa shape index (κ3) is 5.29. The van der Waals surface area contributed by atoms with Crippen molar-refractivity contribution in [2.75, 3.05) is 33.4 Å². The maximum absolute atomic E-state index is 13.6. The lowest BCUT2D eigenvalue weighted by molar-refractivity contribution is -0.140. The summed E-state index contributed by atoms with van der Waals surface area (Å²) in [7, 11) is -2.18. The van der Waals surface area contributed by atoms with Gasteiger partial charge in [-0.05, 0) is 48.4 Å². The van der Waals surface area contributed by atoms with Gasteiger partial charge in [-0.25, -0.2) is 12.8 Å². The van der Waals surface area contributed by atoms with Crippen molar-refractivity contribution in [2.45, 2.75) is 31.2 Å². The number of Topliss-reactive ketones (excluding diaryl/α,β-unsaturated/α-hetero) is 1. The number of aliphatic hydroxyl groups excluding tert-OH is 1. The third-order valence-corrected chi connectivity index (χ3v) is 8.01. The van der Waals surface area contributed by atoms with E-state index in [0.29, 0.717) is 31.7 Å². The number of carbonyl (C=O) groups is 2. The topological polar surface area (TPSA) is 104 Å². The second kappa shape index (κ2) is 11.1. The fourth-order valence-corrected chi connectivity index (χ4v) is 5.59. The van der Waals surface area contributed by atoms with Crippen molar-refractivity contribution in [3.63, 3.8) is 0 Å². The van der Waals surface area contributed by atoms with Crippen LogP contribution in [0.5, 0.6) is 0 Å². The lowest BCUT2D eigenvalue weighted by Crippen LogP contribution is -2.31. The first-order valence-electron chi connectivity index (χ1n) is 11.3. The molecule has 0 saturated carbocycles. The van der Waals surface area contributed by atoms with Crippen LogP contribution in [0.1, 0.15) is 37.4 Å². The van der Waals surface area contributed by atoms with Gasteiger partial charge in [0.25, 0.3) is 11.7 Å². The van der Waals surface area contributed by atoms with Gasteiger partial charge in [-0.3, -0.25) is 9.59 Å². The molecule has 1 fully saturated rings. The van der Waals surface area contributed by atoms with Crippen molar-refractivity contribution >= 4 is 27.5 Å². The number of halogens is 1. The van der Waals surface area contributed by atoms with Crippen LogP contribution in [0, 0.1) is 5.82 Å². The summed E-state index contributed by atoms with van der Waals surface area (Å²) >= 11 is 0. The zero-order valence-electron chi connectivity index (χ0n) is 19.9. The van der Waals surface area contributed by atoms with E-state index in [2.05, 4.69) is 0 Å². The Morgan fingerprint density at radius 2 is 1.66 bits per heavy atom. The van der Waals surface area contributed by atoms with E-state index >= 15 is 0 Å². The van der Waals surface area contributed by atoms with Crippen molar-refractivity contribution in [3.8, 4) is 0 Å². The minimum atomic E-state index is -3.70. The Morgan fingerprint density at radius 3 is 2.20 bits per heavy atom. The number of carbonyl (C=O) groups excluding carboxylic acids is 2. The predicted octanol–water partition coefficient (Wildman–Crippen LogP) is 3.31. The second-order valence-corrected chi connectivity index (χ2v) is 9.94. The molecule has 0 aliphatic carbocycles. The van der Waals surface area contributed by atoms with Gasteiger partial charge in [0.15, 0.2) is 0 Å². The van der Waals surface area contributed by atoms with Crippen LogP contribution in [-0.4, -0.2) is 67.8 Å². The summed E-state index contributed by atoms with van der Waals surface area (Å²) in [6.07, 6.45) is 0.458. The molecular formula is C25H29FN2O6S. The number of rotatable bonds is 10. The number of aliphatic hydroxyl groups is 1. The molecule has 2 aromatic carbocycles. The van der Waals surface area contributed by atoms with Gasteiger partial charge in [0.1, 0.15) is 11.6 Å². The van der Waals surface area contributed by atoms with Crippen molar-refractivity contribution in [3.05, 3.63) is 71.0 Å². The highest BCUT2D eigenvalue weighted by atomic mass is 32.2. The molecule has 1 N–H and O–H groups in total. The van der Waals surface area contributed by atoms with Crippen molar-refractivity contribution < 1.29 is 32.2 Å². The first-order chi connectivity index (χ1) is 16.7. The number of methoxy groups -OCH3 is 1. The Hall–Kier alpha value is -3.08. The summed E-state index contributed by atoms with van der Waals surface area (Å²) in [6, 6.07) is 9.93. The molecule has 1 atom stereocenters. The Kier molecular flexibility index (Phi) is 8.42. The number of sulfonamides is 1. The van der Waals surface area contributed by atoms with Crippen molar-refractivity contribution in [2.24, 2.45) is 0 Å². The van der Waals surface area contributed by atoms with Gasteiger partial charge in [0.2, 0.25) is 10.0 Å². The van der Waals surface area contributed by atoms with E-state index < -0.39 is 39.3 Å². The van der Waals surface area contributed by atoms with E-state index in [-0.39, 0.29) is 22.6 Å². The molecule has 188 valence electrons. The number of benzene rings is 2. The van der Waals surface area contributed by atoms with Gasteiger partial charge in [-0.15, -0.1) is 0 Å². The van der Waals surface area contributed by atoms with Crippen LogP contribution in [0.2, 0.25) is 0 Å². The first-order valence-corrected chi connectivity index (χ1v) is 12.7. The molecule has 35 heavy (non-hydrogen) atoms. The molecule has 8 nitrogen and oxygen atoms in total. The molecule has 1 aliphatic heterocycles. The number of hydrogen-bond acceptors (Lipinski definition) is 6. The summed E-state index contributed by atoms with van der Waals surface area (Å²) in [5.74, 6) is -2.56. The minimum Gasteiger partial charge on any atom is -0.507 e. The van der Waals surface area contributed by atoms with Crippen molar-refractivity contribution in [1.29, 1.82) is 0 Å². The number of amides is 1. The molecule has 1 aliphatic rings. The van der Waals surface area contributed by atoms with Gasteiger partial charge in [0, 0.05) is 38.9 Å². The molecule has 1 unspecified atom stereocenters. The van der Waals surface area contributed by atoms with Crippen LogP contribution in [0.3, 0.4) is 0 Å². The van der Waals surface area contributed by atoms with Crippen LogP contribution in [0.15, 0.2) is 59.0 Å². The normalized spacial score (nSPS) is 18.0. The molecule has 0 aromatic heterocycles. The summed E-state index contributed by atoms with van der Waals surface area (Å²) < 4.78 is 45.4. The van der Waals surface area contributed by atoms with E-state index in [1.54, 1.807) is 13.8 Å². The average molecular weight is 505 g/mol. The van der Waals surface area contributed by atoms with Gasteiger partial charge < -0.3 is 14.7 Å². The highest BCUT2D eigenvalue weighted by Crippen LogP contribution is 2.39. The molecular weight excluding hydrogens is 475 g/mol. The monoisotopic (exact) mass is 504 g/mol. The number of nitrogens with zero attached hydrogens (tertiary/aromatic N) is 2. The van der Waals surface area contributed by atoms with Gasteiger partial charge in [0.05, 0.1) is 16.5 Å². The quantitative estimate of drug-likeness (QED) is 0.230. The Labute approximate surface area is 204 Å². The smallest absolute Gasteiger partial charge is 0.295 e. The van der Waals surface area contributed by atoms with Crippen molar-refractivity contribution in [1.82, 2.24) is 9.21 Å². The van der Waals surface area contributed by atoms with E-state index in [9.17, 15) is 27.5 Å². The van der Waals surface area contributed by atoms with Crippen LogP contribution >= 0.6 is 0 Å². The molecule has 1 saturated heterocycles. The largest absolute Gasteiger partial charge is 0.507 e. The number of ketones is 1. The molecule has 0 radical (unpaired) electrons. The lowest BCUT2D eigenvalue weighted by Gasteiger charge is -2.25. The summed E-state index contributed by atoms with van der Waals surface area (Å²) in [4.78, 5) is 27.2. The summed E-state index contributed by atoms with van der Waals surface area (Å²) in [6.45, 7) is 4.65. The molecule has 3 rings (SSSR count). The van der Waals surface area contributed by atoms with Crippen LogP contribution in [0.25, 0.3) is 5.76 Å². The summed E-state index contributed by atoms with van der Waals surface area (Å²) in [5.41, 5.74) is 0.508. The molecule has 1 heterocycles. The predicted molar refractivity (Wildman–Crippen MR) is 128 cm³/mol. The van der Waals surface area contributed by atoms with Crippen LogP contribution in [-0.2, 0) is 24.3 Å². The maximum atomic E-state index is 13.6. The lowest BCUT2D eigenvalue weighted by atomic mass is 9.95. The second-order valence-electron chi connectivity index (χ2n) is 8.00. The SMILES string of the molecule is CCN(CC)S(=O)(=O)c1ccc(/C(O)=C2/C(=O)C(=O)N(CCCOC)C2c2ccc(F)cc2)cc1. The molecule has 0 bridgehead atoms. The van der Waals surface area contributed by atoms with E-state index in [1.807, 2.05) is 0 Å². The Balaban J connectivity index is 2.07. The third-order valence-electron chi connectivity index (χ3n) is 5.94. The average Bonchev–Trinajstić information content (AvgIpc) is 3.10. The molecule has 0 spiro atoms. The fourth-order valence-electron chi connectivity index (χ4n) is 4.13. The fraction of sp³-hybridized carbons (Fsp3) is 0.360. The van der Waals surface area contributed by atoms with Crippen LogP contribution < -0.4 is 0 Å². The van der Waals surface area contributed by atoms with Gasteiger partial charge in [-0.2, -0.15) is 4.31 Å². The van der Waals surface area contributed by atoms with E-state index in [1.165, 1.54) is 64.8 Å². The zero-order chi connectivity index (χ0) is 25.8.